The molecule has 1 nitrogen and oxygen atoms in total. The maximum atomic E-state index is 4.27. The van der Waals surface area contributed by atoms with Crippen molar-refractivity contribution in [3.63, 3.8) is 0 Å². The van der Waals surface area contributed by atoms with Crippen molar-refractivity contribution in [1.82, 2.24) is 4.98 Å². The Kier molecular flexibility index (Phi) is 3.27. The predicted molar refractivity (Wildman–Crippen MR) is 52.2 cm³/mol. The molecular formula is C11H17N. The second kappa shape index (κ2) is 4.24. The molecule has 1 heteroatoms. The Morgan fingerprint density at radius 3 is 2.75 bits per heavy atom. The van der Waals surface area contributed by atoms with Gasteiger partial charge in [-0.3, -0.25) is 4.98 Å². The van der Waals surface area contributed by atoms with E-state index in [1.807, 2.05) is 6.20 Å². The van der Waals surface area contributed by atoms with Gasteiger partial charge >= 0.3 is 0 Å². The fraction of sp³-hybridized carbons (Fsp3) is 0.545. The predicted octanol–water partition coefficient (Wildman–Crippen LogP) is 2.84. The van der Waals surface area contributed by atoms with E-state index in [1.54, 1.807) is 0 Å². The summed E-state index contributed by atoms with van der Waals surface area (Å²) in [6.07, 6.45) is 4.11. The van der Waals surface area contributed by atoms with E-state index in [1.165, 1.54) is 11.3 Å². The lowest BCUT2D eigenvalue weighted by molar-refractivity contribution is 0.646. The highest BCUT2D eigenvalue weighted by Gasteiger charge is 1.98. The van der Waals surface area contributed by atoms with Gasteiger partial charge in [0.25, 0.3) is 0 Å². The molecule has 0 aromatic carbocycles. The van der Waals surface area contributed by atoms with Gasteiger partial charge in [0.2, 0.25) is 0 Å². The van der Waals surface area contributed by atoms with Crippen molar-refractivity contribution in [2.24, 2.45) is 5.92 Å². The van der Waals surface area contributed by atoms with Gasteiger partial charge in [0.15, 0.2) is 0 Å². The zero-order valence-corrected chi connectivity index (χ0v) is 8.17. The van der Waals surface area contributed by atoms with Crippen LogP contribution in [0.5, 0.6) is 0 Å². The number of pyridine rings is 1. The molecule has 1 heterocycles. The van der Waals surface area contributed by atoms with E-state index >= 15 is 0 Å². The average Bonchev–Trinajstić information content (AvgIpc) is 2.03. The van der Waals surface area contributed by atoms with Crippen LogP contribution in [0.25, 0.3) is 0 Å². The van der Waals surface area contributed by atoms with Crippen molar-refractivity contribution in [3.05, 3.63) is 29.6 Å². The molecular weight excluding hydrogens is 146 g/mol. The molecule has 1 rings (SSSR count). The third kappa shape index (κ3) is 2.65. The molecule has 0 aliphatic heterocycles. The van der Waals surface area contributed by atoms with E-state index in [4.69, 9.17) is 0 Å². The Hall–Kier alpha value is -0.850. The Morgan fingerprint density at radius 2 is 2.17 bits per heavy atom. The molecule has 66 valence electrons. The first-order chi connectivity index (χ1) is 5.72. The maximum absolute atomic E-state index is 4.27. The molecule has 0 atom stereocenters. The number of aryl methyl sites for hydroxylation is 1. The zero-order chi connectivity index (χ0) is 8.97. The second-order valence-corrected chi connectivity index (χ2v) is 3.61. The van der Waals surface area contributed by atoms with Crippen molar-refractivity contribution in [2.75, 3.05) is 0 Å². The fourth-order valence-electron chi connectivity index (χ4n) is 1.32. The number of rotatable bonds is 3. The minimum absolute atomic E-state index is 0.733. The Bertz CT molecular complexity index is 241. The van der Waals surface area contributed by atoms with Crippen LogP contribution in [0.15, 0.2) is 18.3 Å². The van der Waals surface area contributed by atoms with Gasteiger partial charge in [-0.15, -0.1) is 0 Å². The summed E-state index contributed by atoms with van der Waals surface area (Å²) < 4.78 is 0. The summed E-state index contributed by atoms with van der Waals surface area (Å²) in [6, 6.07) is 4.32. The second-order valence-electron chi connectivity index (χ2n) is 3.61. The van der Waals surface area contributed by atoms with Crippen LogP contribution < -0.4 is 0 Å². The lowest BCUT2D eigenvalue weighted by Gasteiger charge is -2.05. The van der Waals surface area contributed by atoms with Crippen molar-refractivity contribution in [2.45, 2.75) is 33.6 Å². The third-order valence-corrected chi connectivity index (χ3v) is 1.89. The highest BCUT2D eigenvalue weighted by Crippen LogP contribution is 2.08. The normalized spacial score (nSPS) is 10.7. The van der Waals surface area contributed by atoms with Crippen molar-refractivity contribution >= 4 is 0 Å². The molecule has 1 aromatic heterocycles. The highest BCUT2D eigenvalue weighted by atomic mass is 14.7. The van der Waals surface area contributed by atoms with E-state index in [0.29, 0.717) is 0 Å². The molecule has 0 radical (unpaired) electrons. The average molecular weight is 163 g/mol. The fourth-order valence-corrected chi connectivity index (χ4v) is 1.32. The largest absolute Gasteiger partial charge is 0.261 e. The van der Waals surface area contributed by atoms with Gasteiger partial charge in [-0.05, 0) is 36.5 Å². The molecule has 1 aromatic rings. The zero-order valence-electron chi connectivity index (χ0n) is 8.17. The van der Waals surface area contributed by atoms with Gasteiger partial charge < -0.3 is 0 Å². The van der Waals surface area contributed by atoms with E-state index in [0.717, 1.165) is 18.8 Å². The molecule has 0 bridgehead atoms. The van der Waals surface area contributed by atoms with E-state index in [9.17, 15) is 0 Å². The van der Waals surface area contributed by atoms with Gasteiger partial charge in [-0.2, -0.15) is 0 Å². The molecule has 0 fully saturated rings. The first kappa shape index (κ1) is 9.24. The Balaban J connectivity index is 2.72. The molecule has 0 saturated carbocycles. The molecule has 0 aliphatic rings. The summed E-state index contributed by atoms with van der Waals surface area (Å²) in [5.41, 5.74) is 2.62. The van der Waals surface area contributed by atoms with E-state index in [-0.39, 0.29) is 0 Å². The Labute approximate surface area is 74.8 Å². The standard InChI is InChI=1S/C11H17N/c1-4-11-8-10(5-6-12-11)7-9(2)3/h5-6,8-9H,4,7H2,1-3H3. The van der Waals surface area contributed by atoms with Crippen LogP contribution in [0.1, 0.15) is 32.0 Å². The topological polar surface area (TPSA) is 12.9 Å². The summed E-state index contributed by atoms with van der Waals surface area (Å²) in [7, 11) is 0. The van der Waals surface area contributed by atoms with Gasteiger partial charge in [0.1, 0.15) is 0 Å². The molecule has 0 N–H and O–H groups in total. The van der Waals surface area contributed by atoms with Crippen LogP contribution in [-0.2, 0) is 12.8 Å². The van der Waals surface area contributed by atoms with Crippen LogP contribution in [0.3, 0.4) is 0 Å². The summed E-state index contributed by atoms with van der Waals surface area (Å²) in [6.45, 7) is 6.62. The molecule has 0 aliphatic carbocycles. The van der Waals surface area contributed by atoms with E-state index in [2.05, 4.69) is 37.9 Å². The summed E-state index contributed by atoms with van der Waals surface area (Å²) in [4.78, 5) is 4.27. The van der Waals surface area contributed by atoms with Crippen molar-refractivity contribution in [3.8, 4) is 0 Å². The van der Waals surface area contributed by atoms with Crippen LogP contribution in [0.2, 0.25) is 0 Å². The van der Waals surface area contributed by atoms with Gasteiger partial charge in [-0.1, -0.05) is 20.8 Å². The van der Waals surface area contributed by atoms with Crippen molar-refractivity contribution < 1.29 is 0 Å². The van der Waals surface area contributed by atoms with Crippen LogP contribution >= 0.6 is 0 Å². The number of aromatic nitrogens is 1. The monoisotopic (exact) mass is 163 g/mol. The summed E-state index contributed by atoms with van der Waals surface area (Å²) >= 11 is 0. The Morgan fingerprint density at radius 1 is 1.42 bits per heavy atom. The highest BCUT2D eigenvalue weighted by molar-refractivity contribution is 5.16. The first-order valence-electron chi connectivity index (χ1n) is 4.66. The van der Waals surface area contributed by atoms with Gasteiger partial charge in [-0.25, -0.2) is 0 Å². The van der Waals surface area contributed by atoms with E-state index < -0.39 is 0 Å². The SMILES string of the molecule is CCc1cc(CC(C)C)ccn1. The van der Waals surface area contributed by atoms with Crippen LogP contribution in [0, 0.1) is 5.92 Å². The minimum Gasteiger partial charge on any atom is -0.261 e. The molecule has 0 amide bonds. The van der Waals surface area contributed by atoms with Crippen LogP contribution in [0.4, 0.5) is 0 Å². The summed E-state index contributed by atoms with van der Waals surface area (Å²) in [5, 5.41) is 0. The van der Waals surface area contributed by atoms with Crippen molar-refractivity contribution in [1.29, 1.82) is 0 Å². The molecule has 12 heavy (non-hydrogen) atoms. The molecule has 0 saturated heterocycles. The number of hydrogen-bond acceptors (Lipinski definition) is 1. The van der Waals surface area contributed by atoms with Gasteiger partial charge in [0, 0.05) is 11.9 Å². The molecule has 0 spiro atoms. The van der Waals surface area contributed by atoms with Crippen LogP contribution in [-0.4, -0.2) is 4.98 Å². The minimum atomic E-state index is 0.733. The quantitative estimate of drug-likeness (QED) is 0.667. The molecule has 0 unspecified atom stereocenters. The first-order valence-corrected chi connectivity index (χ1v) is 4.66. The lowest BCUT2D eigenvalue weighted by atomic mass is 10.0. The number of nitrogens with zero attached hydrogens (tertiary/aromatic N) is 1. The summed E-state index contributed by atoms with van der Waals surface area (Å²) in [5.74, 6) is 0.733. The number of hydrogen-bond donors (Lipinski definition) is 0. The third-order valence-electron chi connectivity index (χ3n) is 1.89. The van der Waals surface area contributed by atoms with Gasteiger partial charge in [0.05, 0.1) is 0 Å². The lowest BCUT2D eigenvalue weighted by Crippen LogP contribution is -1.96. The smallest absolute Gasteiger partial charge is 0.0403 e. The maximum Gasteiger partial charge on any atom is 0.0403 e.